The standard InChI is InChI=1S/C17H15N3O/c18-12-14(11-10-13-6-2-1-3-7-13)20-16-9-5-4-8-15(16)17(19)21/h1-11,14,20H,(H2,19,21). The van der Waals surface area contributed by atoms with Gasteiger partial charge in [-0.05, 0) is 23.8 Å². The molecule has 1 unspecified atom stereocenters. The van der Waals surface area contributed by atoms with Gasteiger partial charge in [0.2, 0.25) is 0 Å². The molecule has 4 nitrogen and oxygen atoms in total. The number of amides is 1. The molecular formula is C17H15N3O. The van der Waals surface area contributed by atoms with Crippen molar-refractivity contribution >= 4 is 17.7 Å². The highest BCUT2D eigenvalue weighted by Gasteiger charge is 2.10. The normalized spacial score (nSPS) is 11.8. The number of nitrogens with zero attached hydrogens (tertiary/aromatic N) is 1. The molecule has 0 saturated carbocycles. The molecule has 0 bridgehead atoms. The molecule has 4 heteroatoms. The summed E-state index contributed by atoms with van der Waals surface area (Å²) in [6.07, 6.45) is 3.60. The predicted molar refractivity (Wildman–Crippen MR) is 83.5 cm³/mol. The van der Waals surface area contributed by atoms with Crippen LogP contribution in [-0.4, -0.2) is 11.9 Å². The van der Waals surface area contributed by atoms with E-state index in [2.05, 4.69) is 11.4 Å². The number of nitrogens with one attached hydrogen (secondary N) is 1. The number of nitrogens with two attached hydrogens (primary N) is 1. The van der Waals surface area contributed by atoms with Gasteiger partial charge in [-0.2, -0.15) is 5.26 Å². The van der Waals surface area contributed by atoms with Gasteiger partial charge in [-0.25, -0.2) is 0 Å². The predicted octanol–water partition coefficient (Wildman–Crippen LogP) is 2.80. The van der Waals surface area contributed by atoms with Crippen molar-refractivity contribution in [2.45, 2.75) is 6.04 Å². The van der Waals surface area contributed by atoms with Crippen LogP contribution in [0, 0.1) is 11.3 Å². The molecule has 1 amide bonds. The number of rotatable bonds is 5. The molecule has 2 rings (SSSR count). The third kappa shape index (κ3) is 3.95. The summed E-state index contributed by atoms with van der Waals surface area (Å²) in [4.78, 5) is 11.4. The minimum Gasteiger partial charge on any atom is -0.366 e. The van der Waals surface area contributed by atoms with Gasteiger partial charge in [0, 0.05) is 5.69 Å². The molecular weight excluding hydrogens is 262 g/mol. The van der Waals surface area contributed by atoms with Crippen molar-refractivity contribution in [1.29, 1.82) is 5.26 Å². The smallest absolute Gasteiger partial charge is 0.250 e. The van der Waals surface area contributed by atoms with E-state index in [4.69, 9.17) is 5.73 Å². The van der Waals surface area contributed by atoms with Crippen LogP contribution >= 0.6 is 0 Å². The van der Waals surface area contributed by atoms with Crippen LogP contribution in [0.4, 0.5) is 5.69 Å². The van der Waals surface area contributed by atoms with Gasteiger partial charge in [-0.15, -0.1) is 0 Å². The zero-order valence-corrected chi connectivity index (χ0v) is 11.4. The summed E-state index contributed by atoms with van der Waals surface area (Å²) in [6, 6.07) is 18.1. The molecule has 104 valence electrons. The van der Waals surface area contributed by atoms with Crippen molar-refractivity contribution < 1.29 is 4.79 Å². The molecule has 0 aromatic heterocycles. The van der Waals surface area contributed by atoms with Gasteiger partial charge in [0.05, 0.1) is 11.6 Å². The Hall–Kier alpha value is -3.06. The Kier molecular flexibility index (Phi) is 4.73. The minimum absolute atomic E-state index is 0.367. The minimum atomic E-state index is -0.550. The maximum Gasteiger partial charge on any atom is 0.250 e. The Morgan fingerprint density at radius 2 is 1.81 bits per heavy atom. The van der Waals surface area contributed by atoms with E-state index in [0.717, 1.165) is 5.56 Å². The van der Waals surface area contributed by atoms with Crippen molar-refractivity contribution in [2.24, 2.45) is 5.73 Å². The lowest BCUT2D eigenvalue weighted by atomic mass is 10.1. The summed E-state index contributed by atoms with van der Waals surface area (Å²) in [5.41, 5.74) is 7.24. The topological polar surface area (TPSA) is 78.9 Å². The lowest BCUT2D eigenvalue weighted by molar-refractivity contribution is 0.100. The Morgan fingerprint density at radius 3 is 2.48 bits per heavy atom. The fourth-order valence-electron chi connectivity index (χ4n) is 1.89. The highest BCUT2D eigenvalue weighted by Crippen LogP contribution is 2.16. The number of anilines is 1. The third-order valence-corrected chi connectivity index (χ3v) is 2.92. The molecule has 0 saturated heterocycles. The number of hydrogen-bond donors (Lipinski definition) is 2. The van der Waals surface area contributed by atoms with Crippen molar-refractivity contribution in [3.63, 3.8) is 0 Å². The first-order valence-electron chi connectivity index (χ1n) is 6.49. The summed E-state index contributed by atoms with van der Waals surface area (Å²) in [6.45, 7) is 0. The van der Waals surface area contributed by atoms with E-state index >= 15 is 0 Å². The van der Waals surface area contributed by atoms with Gasteiger partial charge in [-0.1, -0.05) is 48.5 Å². The number of hydrogen-bond acceptors (Lipinski definition) is 3. The van der Waals surface area contributed by atoms with Crippen molar-refractivity contribution in [3.8, 4) is 6.07 Å². The van der Waals surface area contributed by atoms with E-state index in [0.29, 0.717) is 11.3 Å². The number of benzene rings is 2. The highest BCUT2D eigenvalue weighted by molar-refractivity contribution is 5.98. The molecule has 0 spiro atoms. The Labute approximate surface area is 123 Å². The molecule has 2 aromatic carbocycles. The van der Waals surface area contributed by atoms with E-state index in [1.807, 2.05) is 36.4 Å². The first-order valence-corrected chi connectivity index (χ1v) is 6.49. The summed E-state index contributed by atoms with van der Waals surface area (Å²) in [7, 11) is 0. The molecule has 1 atom stereocenters. The first kappa shape index (κ1) is 14.4. The molecule has 0 radical (unpaired) electrons. The van der Waals surface area contributed by atoms with E-state index in [9.17, 15) is 10.1 Å². The summed E-state index contributed by atoms with van der Waals surface area (Å²) >= 11 is 0. The lowest BCUT2D eigenvalue weighted by Crippen LogP contribution is -2.19. The summed E-state index contributed by atoms with van der Waals surface area (Å²) in [5.74, 6) is -0.526. The van der Waals surface area contributed by atoms with Crippen LogP contribution in [0.15, 0.2) is 60.7 Å². The second kappa shape index (κ2) is 6.92. The van der Waals surface area contributed by atoms with Gasteiger partial charge < -0.3 is 11.1 Å². The maximum absolute atomic E-state index is 11.4. The second-order valence-electron chi connectivity index (χ2n) is 4.43. The SMILES string of the molecule is N#CC(C=Cc1ccccc1)Nc1ccccc1C(N)=O. The summed E-state index contributed by atoms with van der Waals surface area (Å²) < 4.78 is 0. The summed E-state index contributed by atoms with van der Waals surface area (Å²) in [5, 5.41) is 12.2. The van der Waals surface area contributed by atoms with Crippen LogP contribution in [0.25, 0.3) is 6.08 Å². The van der Waals surface area contributed by atoms with Crippen molar-refractivity contribution in [1.82, 2.24) is 0 Å². The zero-order valence-electron chi connectivity index (χ0n) is 11.4. The molecule has 3 N–H and O–H groups in total. The Morgan fingerprint density at radius 1 is 1.14 bits per heavy atom. The van der Waals surface area contributed by atoms with Gasteiger partial charge >= 0.3 is 0 Å². The lowest BCUT2D eigenvalue weighted by Gasteiger charge is -2.12. The van der Waals surface area contributed by atoms with Crippen LogP contribution in [0.2, 0.25) is 0 Å². The first-order chi connectivity index (χ1) is 10.2. The number of carbonyl (C=O) groups is 1. The number of primary amides is 1. The average molecular weight is 277 g/mol. The Bertz CT molecular complexity index is 687. The fourth-order valence-corrected chi connectivity index (χ4v) is 1.89. The molecule has 2 aromatic rings. The van der Waals surface area contributed by atoms with E-state index < -0.39 is 11.9 Å². The number of carbonyl (C=O) groups excluding carboxylic acids is 1. The van der Waals surface area contributed by atoms with Crippen LogP contribution in [0.5, 0.6) is 0 Å². The van der Waals surface area contributed by atoms with E-state index in [-0.39, 0.29) is 0 Å². The number of para-hydroxylation sites is 1. The van der Waals surface area contributed by atoms with Crippen LogP contribution < -0.4 is 11.1 Å². The van der Waals surface area contributed by atoms with E-state index in [1.165, 1.54) is 0 Å². The van der Waals surface area contributed by atoms with Crippen LogP contribution in [0.3, 0.4) is 0 Å². The molecule has 21 heavy (non-hydrogen) atoms. The molecule has 0 aliphatic rings. The number of nitriles is 1. The van der Waals surface area contributed by atoms with Crippen LogP contribution in [-0.2, 0) is 0 Å². The van der Waals surface area contributed by atoms with Gasteiger partial charge in [-0.3, -0.25) is 4.79 Å². The van der Waals surface area contributed by atoms with E-state index in [1.54, 1.807) is 30.3 Å². The van der Waals surface area contributed by atoms with Crippen molar-refractivity contribution in [3.05, 3.63) is 71.8 Å². The third-order valence-electron chi connectivity index (χ3n) is 2.92. The van der Waals surface area contributed by atoms with Crippen LogP contribution in [0.1, 0.15) is 15.9 Å². The molecule has 0 heterocycles. The molecule has 0 aliphatic heterocycles. The van der Waals surface area contributed by atoms with Gasteiger partial charge in [0.25, 0.3) is 5.91 Å². The largest absolute Gasteiger partial charge is 0.366 e. The van der Waals surface area contributed by atoms with Gasteiger partial charge in [0.15, 0.2) is 0 Å². The Balaban J connectivity index is 2.16. The van der Waals surface area contributed by atoms with Crippen molar-refractivity contribution in [2.75, 3.05) is 5.32 Å². The monoisotopic (exact) mass is 277 g/mol. The second-order valence-corrected chi connectivity index (χ2v) is 4.43. The average Bonchev–Trinajstić information content (AvgIpc) is 2.52. The molecule has 0 fully saturated rings. The maximum atomic E-state index is 11.4. The quantitative estimate of drug-likeness (QED) is 0.882. The highest BCUT2D eigenvalue weighted by atomic mass is 16.1. The fraction of sp³-hybridized carbons (Fsp3) is 0.0588. The van der Waals surface area contributed by atoms with Gasteiger partial charge in [0.1, 0.15) is 6.04 Å². The zero-order chi connectivity index (χ0) is 15.1. The molecule has 0 aliphatic carbocycles.